The number of nitrogens with two attached hydrogens (primary N) is 1. The largest absolute Gasteiger partial charge is 0.451 e. The first-order valence-corrected chi connectivity index (χ1v) is 9.45. The maximum atomic E-state index is 12.3. The van der Waals surface area contributed by atoms with Gasteiger partial charge in [-0.25, -0.2) is 13.6 Å². The maximum absolute atomic E-state index is 12.3. The summed E-state index contributed by atoms with van der Waals surface area (Å²) in [6, 6.07) is 11.1. The normalized spacial score (nSPS) is 11.4. The van der Waals surface area contributed by atoms with E-state index in [-0.39, 0.29) is 16.2 Å². The molecule has 0 fully saturated rings. The molecular weight excluding hydrogens is 370 g/mol. The number of para-hydroxylation sites is 1. The van der Waals surface area contributed by atoms with E-state index in [4.69, 9.17) is 9.56 Å². The highest BCUT2D eigenvalue weighted by Gasteiger charge is 2.19. The van der Waals surface area contributed by atoms with Crippen LogP contribution in [0, 0.1) is 13.8 Å². The molecular formula is C18H17N3O5S. The molecule has 0 aliphatic carbocycles. The SMILES string of the molecule is Cc1ccc(S(N)(=O)=O)cc1C(=O)NNC(=O)c1oc2ccccc2c1C. The molecule has 4 N–H and O–H groups in total. The predicted octanol–water partition coefficient (Wildman–Crippen LogP) is 1.77. The number of nitrogens with one attached hydrogen (secondary N) is 2. The summed E-state index contributed by atoms with van der Waals surface area (Å²) in [7, 11) is -3.95. The van der Waals surface area contributed by atoms with E-state index >= 15 is 0 Å². The molecule has 27 heavy (non-hydrogen) atoms. The van der Waals surface area contributed by atoms with Crippen LogP contribution < -0.4 is 16.0 Å². The molecule has 0 atom stereocenters. The average Bonchev–Trinajstić information content (AvgIpc) is 2.96. The van der Waals surface area contributed by atoms with Crippen molar-refractivity contribution in [3.05, 3.63) is 64.9 Å². The van der Waals surface area contributed by atoms with Gasteiger partial charge in [-0.1, -0.05) is 24.3 Å². The van der Waals surface area contributed by atoms with Crippen LogP contribution in [0.5, 0.6) is 0 Å². The second-order valence-electron chi connectivity index (χ2n) is 5.98. The Hall–Kier alpha value is -3.17. The van der Waals surface area contributed by atoms with Crippen molar-refractivity contribution in [1.29, 1.82) is 0 Å². The summed E-state index contributed by atoms with van der Waals surface area (Å²) in [5.41, 5.74) is 6.32. The number of hydrazine groups is 1. The van der Waals surface area contributed by atoms with Crippen LogP contribution in [0.25, 0.3) is 11.0 Å². The number of primary sulfonamides is 1. The highest BCUT2D eigenvalue weighted by atomic mass is 32.2. The van der Waals surface area contributed by atoms with E-state index in [0.29, 0.717) is 16.7 Å². The number of sulfonamides is 1. The van der Waals surface area contributed by atoms with Gasteiger partial charge < -0.3 is 4.42 Å². The number of amides is 2. The summed E-state index contributed by atoms with van der Waals surface area (Å²) in [5.74, 6) is -1.23. The van der Waals surface area contributed by atoms with E-state index in [1.54, 1.807) is 26.0 Å². The van der Waals surface area contributed by atoms with Crippen LogP contribution in [0.15, 0.2) is 51.8 Å². The molecule has 0 bridgehead atoms. The molecule has 0 spiro atoms. The van der Waals surface area contributed by atoms with Gasteiger partial charge in [-0.15, -0.1) is 0 Å². The summed E-state index contributed by atoms with van der Waals surface area (Å²) >= 11 is 0. The van der Waals surface area contributed by atoms with Gasteiger partial charge in [-0.2, -0.15) is 0 Å². The first-order chi connectivity index (χ1) is 12.7. The highest BCUT2D eigenvalue weighted by Crippen LogP contribution is 2.24. The second kappa shape index (κ2) is 6.86. The van der Waals surface area contributed by atoms with Crippen molar-refractivity contribution >= 4 is 32.8 Å². The van der Waals surface area contributed by atoms with E-state index in [2.05, 4.69) is 10.9 Å². The molecule has 0 saturated carbocycles. The van der Waals surface area contributed by atoms with Crippen molar-refractivity contribution in [3.63, 3.8) is 0 Å². The minimum Gasteiger partial charge on any atom is -0.451 e. The molecule has 1 aromatic heterocycles. The Bertz CT molecular complexity index is 1160. The molecule has 3 aromatic rings. The van der Waals surface area contributed by atoms with Crippen molar-refractivity contribution in [2.45, 2.75) is 18.7 Å². The second-order valence-corrected chi connectivity index (χ2v) is 7.54. The zero-order chi connectivity index (χ0) is 19.8. The summed E-state index contributed by atoms with van der Waals surface area (Å²) in [5, 5.41) is 5.88. The summed E-state index contributed by atoms with van der Waals surface area (Å²) < 4.78 is 28.4. The Kier molecular flexibility index (Phi) is 4.73. The third kappa shape index (κ3) is 3.69. The number of carbonyl (C=O) groups excluding carboxylic acids is 2. The lowest BCUT2D eigenvalue weighted by Gasteiger charge is -2.10. The quantitative estimate of drug-likeness (QED) is 0.589. The van der Waals surface area contributed by atoms with Crippen molar-refractivity contribution in [2.24, 2.45) is 5.14 Å². The van der Waals surface area contributed by atoms with Gasteiger partial charge in [0, 0.05) is 16.5 Å². The standard InChI is InChI=1S/C18H17N3O5S/c1-10-7-8-12(27(19,24)25)9-14(10)17(22)20-21-18(23)16-11(2)13-5-3-4-6-15(13)26-16/h3-9H,1-2H3,(H,20,22)(H,21,23)(H2,19,24,25). The molecule has 1 heterocycles. The van der Waals surface area contributed by atoms with Crippen LogP contribution in [-0.2, 0) is 10.0 Å². The smallest absolute Gasteiger partial charge is 0.305 e. The fourth-order valence-electron chi connectivity index (χ4n) is 2.65. The monoisotopic (exact) mass is 387 g/mol. The third-order valence-corrected chi connectivity index (χ3v) is 5.03. The van der Waals surface area contributed by atoms with Crippen molar-refractivity contribution in [1.82, 2.24) is 10.9 Å². The molecule has 0 saturated heterocycles. The van der Waals surface area contributed by atoms with Gasteiger partial charge in [0.25, 0.3) is 5.91 Å². The number of rotatable bonds is 3. The van der Waals surface area contributed by atoms with Crippen LogP contribution >= 0.6 is 0 Å². The van der Waals surface area contributed by atoms with Crippen LogP contribution in [0.2, 0.25) is 0 Å². The predicted molar refractivity (Wildman–Crippen MR) is 98.4 cm³/mol. The zero-order valence-corrected chi connectivity index (χ0v) is 15.4. The minimum absolute atomic E-state index is 0.0724. The molecule has 0 radical (unpaired) electrons. The number of hydrogen-bond donors (Lipinski definition) is 3. The van der Waals surface area contributed by atoms with Crippen molar-refractivity contribution in [3.8, 4) is 0 Å². The van der Waals surface area contributed by atoms with Gasteiger partial charge in [0.2, 0.25) is 10.0 Å². The summed E-state index contributed by atoms with van der Waals surface area (Å²) in [4.78, 5) is 24.5. The summed E-state index contributed by atoms with van der Waals surface area (Å²) in [6.45, 7) is 3.37. The van der Waals surface area contributed by atoms with Gasteiger partial charge in [0.1, 0.15) is 5.58 Å². The average molecular weight is 387 g/mol. The number of benzene rings is 2. The fraction of sp³-hybridized carbons (Fsp3) is 0.111. The van der Waals surface area contributed by atoms with Crippen molar-refractivity contribution < 1.29 is 22.4 Å². The lowest BCUT2D eigenvalue weighted by molar-refractivity contribution is 0.0831. The van der Waals surface area contributed by atoms with E-state index in [1.807, 2.05) is 12.1 Å². The number of carbonyl (C=O) groups is 2. The highest BCUT2D eigenvalue weighted by molar-refractivity contribution is 7.89. The van der Waals surface area contributed by atoms with Gasteiger partial charge in [-0.05, 0) is 37.6 Å². The van der Waals surface area contributed by atoms with Gasteiger partial charge in [0.05, 0.1) is 4.90 Å². The molecule has 0 aliphatic rings. The van der Waals surface area contributed by atoms with E-state index in [9.17, 15) is 18.0 Å². The van der Waals surface area contributed by atoms with Gasteiger partial charge in [0.15, 0.2) is 5.76 Å². The van der Waals surface area contributed by atoms with Crippen molar-refractivity contribution in [2.75, 3.05) is 0 Å². The van der Waals surface area contributed by atoms with Gasteiger partial charge >= 0.3 is 5.91 Å². The topological polar surface area (TPSA) is 132 Å². The number of furan rings is 1. The van der Waals surface area contributed by atoms with Crippen LogP contribution in [0.1, 0.15) is 32.0 Å². The Morgan fingerprint density at radius 2 is 1.67 bits per heavy atom. The number of hydrogen-bond acceptors (Lipinski definition) is 5. The van der Waals surface area contributed by atoms with E-state index < -0.39 is 21.8 Å². The van der Waals surface area contributed by atoms with E-state index in [0.717, 1.165) is 11.5 Å². The Morgan fingerprint density at radius 3 is 2.33 bits per heavy atom. The Morgan fingerprint density at radius 1 is 1.00 bits per heavy atom. The molecule has 2 aromatic carbocycles. The lowest BCUT2D eigenvalue weighted by Crippen LogP contribution is -2.42. The van der Waals surface area contributed by atoms with Gasteiger partial charge in [-0.3, -0.25) is 20.4 Å². The fourth-order valence-corrected chi connectivity index (χ4v) is 3.19. The minimum atomic E-state index is -3.95. The molecule has 8 nitrogen and oxygen atoms in total. The number of aryl methyl sites for hydroxylation is 2. The molecule has 140 valence electrons. The lowest BCUT2D eigenvalue weighted by atomic mass is 10.1. The number of fused-ring (bicyclic) bond motifs is 1. The first kappa shape index (κ1) is 18.6. The Balaban J connectivity index is 1.79. The van der Waals surface area contributed by atoms with Crippen LogP contribution in [-0.4, -0.2) is 20.2 Å². The molecule has 2 amide bonds. The molecule has 9 heteroatoms. The zero-order valence-electron chi connectivity index (χ0n) is 14.6. The molecule has 0 aliphatic heterocycles. The van der Waals surface area contributed by atoms with Crippen LogP contribution in [0.3, 0.4) is 0 Å². The summed E-state index contributed by atoms with van der Waals surface area (Å²) in [6.07, 6.45) is 0. The molecule has 0 unspecified atom stereocenters. The maximum Gasteiger partial charge on any atom is 0.305 e. The van der Waals surface area contributed by atoms with E-state index in [1.165, 1.54) is 12.1 Å². The third-order valence-electron chi connectivity index (χ3n) is 4.12. The Labute approximate surface area is 155 Å². The van der Waals surface area contributed by atoms with Crippen LogP contribution in [0.4, 0.5) is 0 Å². The first-order valence-electron chi connectivity index (χ1n) is 7.91. The molecule has 3 rings (SSSR count).